The van der Waals surface area contributed by atoms with Crippen LogP contribution < -0.4 is 11.1 Å². The molecule has 1 aromatic rings. The zero-order chi connectivity index (χ0) is 16.0. The third-order valence-corrected chi connectivity index (χ3v) is 4.66. The van der Waals surface area contributed by atoms with Crippen LogP contribution in [-0.2, 0) is 11.3 Å². The van der Waals surface area contributed by atoms with Gasteiger partial charge in [-0.15, -0.1) is 24.8 Å². The van der Waals surface area contributed by atoms with E-state index < -0.39 is 0 Å². The molecular formula is C18H31Cl2N3O. The van der Waals surface area contributed by atoms with E-state index in [9.17, 15) is 4.79 Å². The number of nitrogens with two attached hydrogens (primary N) is 1. The number of carbonyl (C=O) groups excluding carboxylic acids is 1. The zero-order valence-corrected chi connectivity index (χ0v) is 16.3. The fraction of sp³-hybridized carbons (Fsp3) is 0.611. The first-order valence-corrected chi connectivity index (χ1v) is 8.28. The van der Waals surface area contributed by atoms with Crippen LogP contribution in [0.2, 0.25) is 0 Å². The second-order valence-electron chi connectivity index (χ2n) is 6.82. The van der Waals surface area contributed by atoms with Gasteiger partial charge in [-0.2, -0.15) is 0 Å². The highest BCUT2D eigenvalue weighted by atomic mass is 35.5. The Hall–Kier alpha value is -0.810. The molecule has 2 rings (SSSR count). The molecule has 138 valence electrons. The average molecular weight is 376 g/mol. The van der Waals surface area contributed by atoms with Crippen molar-refractivity contribution in [2.75, 3.05) is 20.1 Å². The van der Waals surface area contributed by atoms with Gasteiger partial charge in [0.05, 0.1) is 5.92 Å². The number of nitrogens with zero attached hydrogens (tertiary/aromatic N) is 1. The van der Waals surface area contributed by atoms with Crippen molar-refractivity contribution in [1.82, 2.24) is 10.2 Å². The van der Waals surface area contributed by atoms with E-state index in [1.807, 2.05) is 13.0 Å². The van der Waals surface area contributed by atoms with E-state index in [1.165, 1.54) is 5.56 Å². The molecule has 0 radical (unpaired) electrons. The van der Waals surface area contributed by atoms with Gasteiger partial charge >= 0.3 is 0 Å². The van der Waals surface area contributed by atoms with Crippen LogP contribution in [0.3, 0.4) is 0 Å². The third kappa shape index (κ3) is 6.98. The van der Waals surface area contributed by atoms with Crippen molar-refractivity contribution in [1.29, 1.82) is 0 Å². The lowest BCUT2D eigenvalue weighted by molar-refractivity contribution is -0.128. The Morgan fingerprint density at radius 1 is 1.29 bits per heavy atom. The van der Waals surface area contributed by atoms with Crippen molar-refractivity contribution in [2.45, 2.75) is 44.7 Å². The molecule has 6 heteroatoms. The molecule has 0 aliphatic heterocycles. The highest BCUT2D eigenvalue weighted by Gasteiger charge is 2.37. The summed E-state index contributed by atoms with van der Waals surface area (Å²) in [5.41, 5.74) is 7.23. The number of amides is 1. The largest absolute Gasteiger partial charge is 0.355 e. The highest BCUT2D eigenvalue weighted by Crippen LogP contribution is 2.31. The van der Waals surface area contributed by atoms with Crippen molar-refractivity contribution >= 4 is 30.7 Å². The van der Waals surface area contributed by atoms with Gasteiger partial charge in [0, 0.05) is 25.2 Å². The fourth-order valence-corrected chi connectivity index (χ4v) is 3.26. The predicted octanol–water partition coefficient (Wildman–Crippen LogP) is 2.99. The maximum absolute atomic E-state index is 12.3. The lowest BCUT2D eigenvalue weighted by atomic mass is 9.74. The molecule has 1 saturated carbocycles. The van der Waals surface area contributed by atoms with E-state index in [0.717, 1.165) is 38.8 Å². The number of hydrogen-bond acceptors (Lipinski definition) is 3. The Morgan fingerprint density at radius 2 is 1.96 bits per heavy atom. The summed E-state index contributed by atoms with van der Waals surface area (Å²) < 4.78 is 0. The summed E-state index contributed by atoms with van der Waals surface area (Å²) in [5.74, 6) is 0.0819. The molecule has 2 unspecified atom stereocenters. The molecule has 1 aliphatic carbocycles. The van der Waals surface area contributed by atoms with Gasteiger partial charge in [0.15, 0.2) is 0 Å². The molecule has 3 N–H and O–H groups in total. The smallest absolute Gasteiger partial charge is 0.225 e. The number of halogens is 2. The minimum atomic E-state index is -0.349. The van der Waals surface area contributed by atoms with Gasteiger partial charge < -0.3 is 16.0 Å². The molecular weight excluding hydrogens is 345 g/mol. The van der Waals surface area contributed by atoms with E-state index in [2.05, 4.69) is 41.5 Å². The molecule has 2 atom stereocenters. The molecule has 1 aliphatic rings. The van der Waals surface area contributed by atoms with Gasteiger partial charge in [-0.3, -0.25) is 4.79 Å². The molecule has 1 aromatic carbocycles. The number of likely N-dealkylation sites (N-methyl/N-ethyl adjacent to an activating group) is 1. The van der Waals surface area contributed by atoms with E-state index in [0.29, 0.717) is 6.54 Å². The summed E-state index contributed by atoms with van der Waals surface area (Å²) in [5, 5.41) is 3.06. The maximum Gasteiger partial charge on any atom is 0.225 e. The molecule has 0 aromatic heterocycles. The summed E-state index contributed by atoms with van der Waals surface area (Å²) in [6, 6.07) is 10.4. The van der Waals surface area contributed by atoms with E-state index in [4.69, 9.17) is 5.73 Å². The fourth-order valence-electron chi connectivity index (χ4n) is 3.26. The summed E-state index contributed by atoms with van der Waals surface area (Å²) >= 11 is 0. The third-order valence-electron chi connectivity index (χ3n) is 4.66. The Morgan fingerprint density at radius 3 is 2.58 bits per heavy atom. The van der Waals surface area contributed by atoms with Gasteiger partial charge in [0.2, 0.25) is 5.91 Å². The summed E-state index contributed by atoms with van der Waals surface area (Å²) in [4.78, 5) is 14.6. The maximum atomic E-state index is 12.3. The van der Waals surface area contributed by atoms with Crippen LogP contribution >= 0.6 is 24.8 Å². The second-order valence-corrected chi connectivity index (χ2v) is 6.82. The van der Waals surface area contributed by atoms with Crippen LogP contribution in [0.4, 0.5) is 0 Å². The van der Waals surface area contributed by atoms with Crippen molar-refractivity contribution < 1.29 is 4.79 Å². The summed E-state index contributed by atoms with van der Waals surface area (Å²) in [6.07, 6.45) is 4.10. The number of nitrogens with one attached hydrogen (secondary N) is 1. The Balaban J connectivity index is 0.00000264. The van der Waals surface area contributed by atoms with Crippen LogP contribution in [0.5, 0.6) is 0 Å². The summed E-state index contributed by atoms with van der Waals surface area (Å²) in [6.45, 7) is 4.43. The molecule has 24 heavy (non-hydrogen) atoms. The van der Waals surface area contributed by atoms with Crippen molar-refractivity contribution in [3.63, 3.8) is 0 Å². The lowest BCUT2D eigenvalue weighted by Gasteiger charge is -2.37. The van der Waals surface area contributed by atoms with Crippen molar-refractivity contribution in [3.8, 4) is 0 Å². The first-order chi connectivity index (χ1) is 10.5. The average Bonchev–Trinajstić information content (AvgIpc) is 2.47. The molecule has 1 fully saturated rings. The van der Waals surface area contributed by atoms with E-state index in [1.54, 1.807) is 0 Å². The van der Waals surface area contributed by atoms with Crippen molar-refractivity contribution in [3.05, 3.63) is 35.9 Å². The first kappa shape index (κ1) is 23.2. The molecule has 0 bridgehead atoms. The topological polar surface area (TPSA) is 58.4 Å². The lowest BCUT2D eigenvalue weighted by Crippen LogP contribution is -2.53. The number of benzene rings is 1. The van der Waals surface area contributed by atoms with Gasteiger partial charge in [0.1, 0.15) is 0 Å². The minimum Gasteiger partial charge on any atom is -0.355 e. The van der Waals surface area contributed by atoms with Crippen LogP contribution in [0, 0.1) is 5.92 Å². The van der Waals surface area contributed by atoms with Crippen molar-refractivity contribution in [2.24, 2.45) is 11.7 Å². The van der Waals surface area contributed by atoms with Gasteiger partial charge in [-0.1, -0.05) is 43.2 Å². The van der Waals surface area contributed by atoms with E-state index in [-0.39, 0.29) is 42.2 Å². The van der Waals surface area contributed by atoms with Crippen LogP contribution in [0.1, 0.15) is 38.2 Å². The highest BCUT2D eigenvalue weighted by molar-refractivity contribution is 5.85. The molecule has 1 amide bonds. The first-order valence-electron chi connectivity index (χ1n) is 8.28. The quantitative estimate of drug-likeness (QED) is 0.803. The van der Waals surface area contributed by atoms with Crippen LogP contribution in [-0.4, -0.2) is 36.5 Å². The van der Waals surface area contributed by atoms with Crippen LogP contribution in [0.25, 0.3) is 0 Å². The minimum absolute atomic E-state index is 0. The standard InChI is InChI=1S/C18H29N3O.2ClH/c1-18(19)11-7-6-10-16(18)17(22)20-12-13-21(2)14-15-8-4-3-5-9-15;;/h3-5,8-9,16H,6-7,10-14,19H2,1-2H3,(H,20,22);2*1H. The zero-order valence-electron chi connectivity index (χ0n) is 14.7. The molecule has 0 heterocycles. The Bertz CT molecular complexity index is 482. The molecule has 0 spiro atoms. The second kappa shape index (κ2) is 10.9. The summed E-state index contributed by atoms with van der Waals surface area (Å²) in [7, 11) is 2.08. The molecule has 4 nitrogen and oxygen atoms in total. The normalized spacial score (nSPS) is 23.1. The monoisotopic (exact) mass is 375 g/mol. The number of rotatable bonds is 6. The van der Waals surface area contributed by atoms with E-state index >= 15 is 0 Å². The Labute approximate surface area is 158 Å². The Kier molecular flexibility index (Phi) is 10.6. The van der Waals surface area contributed by atoms with Crippen LogP contribution in [0.15, 0.2) is 30.3 Å². The van der Waals surface area contributed by atoms with Gasteiger partial charge in [-0.25, -0.2) is 0 Å². The van der Waals surface area contributed by atoms with Gasteiger partial charge in [0.25, 0.3) is 0 Å². The SMILES string of the molecule is CN(CCNC(=O)C1CCCCC1(C)N)Cc1ccccc1.Cl.Cl. The number of hydrogen-bond donors (Lipinski definition) is 2. The molecule has 0 saturated heterocycles. The van der Waals surface area contributed by atoms with Gasteiger partial charge in [-0.05, 0) is 32.4 Å². The predicted molar refractivity (Wildman–Crippen MR) is 105 cm³/mol. The number of carbonyl (C=O) groups is 1.